The van der Waals surface area contributed by atoms with Crippen molar-refractivity contribution in [2.75, 3.05) is 19.8 Å². The highest BCUT2D eigenvalue weighted by atomic mass is 16.6. The van der Waals surface area contributed by atoms with Crippen LogP contribution in [0.15, 0.2) is 18.2 Å². The molecule has 0 aromatic heterocycles. The molecular weight excluding hydrogens is 378 g/mol. The third-order valence-corrected chi connectivity index (χ3v) is 5.19. The van der Waals surface area contributed by atoms with E-state index in [1.54, 1.807) is 6.07 Å². The smallest absolute Gasteiger partial charge is 0.345 e. The summed E-state index contributed by atoms with van der Waals surface area (Å²) in [6, 6.07) is 4.11. The topological polar surface area (TPSA) is 105 Å². The van der Waals surface area contributed by atoms with E-state index in [9.17, 15) is 19.7 Å². The Morgan fingerprint density at radius 1 is 0.966 bits per heavy atom. The van der Waals surface area contributed by atoms with E-state index in [1.807, 2.05) is 27.7 Å². The van der Waals surface area contributed by atoms with Crippen molar-refractivity contribution in [2.45, 2.75) is 27.7 Å². The molecule has 0 radical (unpaired) electrons. The molecule has 0 aliphatic carbocycles. The van der Waals surface area contributed by atoms with Gasteiger partial charge < -0.3 is 14.2 Å². The molecule has 0 bridgehead atoms. The summed E-state index contributed by atoms with van der Waals surface area (Å²) in [5.74, 6) is -0.931. The highest BCUT2D eigenvalue weighted by molar-refractivity contribution is 6.02. The van der Waals surface area contributed by atoms with Crippen LogP contribution in [-0.2, 0) is 4.74 Å². The van der Waals surface area contributed by atoms with Gasteiger partial charge in [-0.25, -0.2) is 4.79 Å². The largest absolute Gasteiger partial charge is 0.486 e. The van der Waals surface area contributed by atoms with Gasteiger partial charge in [0.05, 0.1) is 11.0 Å². The first-order valence-corrected chi connectivity index (χ1v) is 9.06. The number of fused-ring (bicyclic) bond motifs is 1. The van der Waals surface area contributed by atoms with Gasteiger partial charge in [-0.15, -0.1) is 0 Å². The van der Waals surface area contributed by atoms with Gasteiger partial charge in [-0.05, 0) is 56.0 Å². The van der Waals surface area contributed by atoms with Crippen LogP contribution in [0, 0.1) is 37.8 Å². The Labute approximate surface area is 167 Å². The zero-order chi connectivity index (χ0) is 21.3. The minimum absolute atomic E-state index is 0.191. The van der Waals surface area contributed by atoms with E-state index in [1.165, 1.54) is 6.07 Å². The predicted octanol–water partition coefficient (Wildman–Crippen LogP) is 3.64. The number of Topliss-reactive ketones (excluding diaryl/α,β-unsaturated/α-hetero) is 1. The van der Waals surface area contributed by atoms with Crippen molar-refractivity contribution in [3.63, 3.8) is 0 Å². The molecule has 1 aliphatic rings. The van der Waals surface area contributed by atoms with Crippen molar-refractivity contribution in [2.24, 2.45) is 0 Å². The predicted molar refractivity (Wildman–Crippen MR) is 104 cm³/mol. The second-order valence-electron chi connectivity index (χ2n) is 6.89. The first-order chi connectivity index (χ1) is 13.7. The Balaban J connectivity index is 1.83. The monoisotopic (exact) mass is 399 g/mol. The highest BCUT2D eigenvalue weighted by Gasteiger charge is 2.28. The fraction of sp³-hybridized carbons (Fsp3) is 0.333. The van der Waals surface area contributed by atoms with Crippen LogP contribution in [0.1, 0.15) is 43.0 Å². The van der Waals surface area contributed by atoms with E-state index in [0.717, 1.165) is 28.3 Å². The second-order valence-corrected chi connectivity index (χ2v) is 6.89. The van der Waals surface area contributed by atoms with Gasteiger partial charge in [0.25, 0.3) is 5.69 Å². The molecule has 0 saturated carbocycles. The van der Waals surface area contributed by atoms with Crippen LogP contribution in [0.5, 0.6) is 11.5 Å². The first-order valence-electron chi connectivity index (χ1n) is 9.06. The van der Waals surface area contributed by atoms with E-state index in [4.69, 9.17) is 14.2 Å². The molecule has 29 heavy (non-hydrogen) atoms. The molecule has 0 spiro atoms. The number of carbonyl (C=O) groups excluding carboxylic acids is 2. The van der Waals surface area contributed by atoms with E-state index in [-0.39, 0.29) is 36.1 Å². The summed E-state index contributed by atoms with van der Waals surface area (Å²) < 4.78 is 15.8. The van der Waals surface area contributed by atoms with Gasteiger partial charge in [0.15, 0.2) is 18.1 Å². The molecule has 1 heterocycles. The first kappa shape index (κ1) is 20.3. The number of hydrogen-bond donors (Lipinski definition) is 0. The number of benzene rings is 2. The van der Waals surface area contributed by atoms with Gasteiger partial charge >= 0.3 is 5.97 Å². The summed E-state index contributed by atoms with van der Waals surface area (Å²) in [7, 11) is 0. The van der Waals surface area contributed by atoms with Gasteiger partial charge in [0, 0.05) is 11.6 Å². The normalized spacial score (nSPS) is 12.4. The second kappa shape index (κ2) is 7.90. The molecule has 8 heteroatoms. The molecule has 0 amide bonds. The summed E-state index contributed by atoms with van der Waals surface area (Å²) in [6.45, 7) is 7.66. The fourth-order valence-corrected chi connectivity index (χ4v) is 3.18. The third kappa shape index (κ3) is 3.91. The zero-order valence-electron chi connectivity index (χ0n) is 16.7. The molecule has 0 saturated heterocycles. The lowest BCUT2D eigenvalue weighted by Crippen LogP contribution is -2.19. The number of esters is 1. The molecule has 0 unspecified atom stereocenters. The number of nitro benzene ring substituents is 1. The molecule has 0 atom stereocenters. The summed E-state index contributed by atoms with van der Waals surface area (Å²) in [4.78, 5) is 35.8. The third-order valence-electron chi connectivity index (χ3n) is 5.19. The standard InChI is InChI=1S/C21H21NO7/c1-11-7-15(14(4)13(3)12(11)2)18(23)10-29-21(24)16-8-19-20(28-6-5-27-19)9-17(16)22(25)26/h7-9H,5-6,10H2,1-4H3. The van der Waals surface area contributed by atoms with Crippen LogP contribution >= 0.6 is 0 Å². The molecule has 8 nitrogen and oxygen atoms in total. The zero-order valence-corrected chi connectivity index (χ0v) is 16.7. The number of carbonyl (C=O) groups is 2. The van der Waals surface area contributed by atoms with E-state index in [2.05, 4.69) is 0 Å². The molecule has 152 valence electrons. The summed E-state index contributed by atoms with van der Waals surface area (Å²) in [5.41, 5.74) is 3.59. The van der Waals surface area contributed by atoms with Crippen molar-refractivity contribution in [3.05, 3.63) is 61.7 Å². The van der Waals surface area contributed by atoms with Crippen LogP contribution in [-0.4, -0.2) is 36.5 Å². The average Bonchev–Trinajstić information content (AvgIpc) is 2.71. The molecule has 1 aliphatic heterocycles. The number of nitro groups is 1. The fourth-order valence-electron chi connectivity index (χ4n) is 3.18. The van der Waals surface area contributed by atoms with E-state index in [0.29, 0.717) is 5.56 Å². The SMILES string of the molecule is Cc1cc(C(=O)COC(=O)c2cc3c(cc2[N+](=O)[O-])OCCO3)c(C)c(C)c1C. The number of ether oxygens (including phenoxy) is 3. The number of rotatable bonds is 5. The molecule has 2 aromatic rings. The maximum atomic E-state index is 12.6. The number of hydrogen-bond acceptors (Lipinski definition) is 7. The number of nitrogens with zero attached hydrogens (tertiary/aromatic N) is 1. The van der Waals surface area contributed by atoms with E-state index < -0.39 is 23.2 Å². The lowest BCUT2D eigenvalue weighted by atomic mass is 9.93. The minimum atomic E-state index is -0.972. The Bertz CT molecular complexity index is 1030. The molecular formula is C21H21NO7. The minimum Gasteiger partial charge on any atom is -0.486 e. The van der Waals surface area contributed by atoms with Crippen molar-refractivity contribution >= 4 is 17.4 Å². The van der Waals surface area contributed by atoms with Crippen LogP contribution in [0.4, 0.5) is 5.69 Å². The van der Waals surface area contributed by atoms with Crippen LogP contribution in [0.3, 0.4) is 0 Å². The molecule has 2 aromatic carbocycles. The maximum absolute atomic E-state index is 12.6. The van der Waals surface area contributed by atoms with Gasteiger partial charge in [-0.3, -0.25) is 14.9 Å². The van der Waals surface area contributed by atoms with E-state index >= 15 is 0 Å². The Morgan fingerprint density at radius 2 is 1.59 bits per heavy atom. The lowest BCUT2D eigenvalue weighted by Gasteiger charge is -2.18. The molecule has 0 fully saturated rings. The summed E-state index contributed by atoms with van der Waals surface area (Å²) in [6.07, 6.45) is 0. The van der Waals surface area contributed by atoms with Crippen molar-refractivity contribution in [3.8, 4) is 11.5 Å². The summed E-state index contributed by atoms with van der Waals surface area (Å²) in [5, 5.41) is 11.4. The van der Waals surface area contributed by atoms with Crippen molar-refractivity contribution in [1.82, 2.24) is 0 Å². The van der Waals surface area contributed by atoms with Crippen molar-refractivity contribution < 1.29 is 28.7 Å². The Kier molecular flexibility index (Phi) is 5.54. The Morgan fingerprint density at radius 3 is 2.21 bits per heavy atom. The molecule has 0 N–H and O–H groups in total. The van der Waals surface area contributed by atoms with Gasteiger partial charge in [0.1, 0.15) is 18.8 Å². The van der Waals surface area contributed by atoms with Crippen molar-refractivity contribution in [1.29, 1.82) is 0 Å². The average molecular weight is 399 g/mol. The van der Waals surface area contributed by atoms with Crippen LogP contribution < -0.4 is 9.47 Å². The Hall–Kier alpha value is -3.42. The molecule has 3 rings (SSSR count). The maximum Gasteiger partial charge on any atom is 0.345 e. The summed E-state index contributed by atoms with van der Waals surface area (Å²) >= 11 is 0. The van der Waals surface area contributed by atoms with Gasteiger partial charge in [-0.2, -0.15) is 0 Å². The van der Waals surface area contributed by atoms with Gasteiger partial charge in [-0.1, -0.05) is 0 Å². The lowest BCUT2D eigenvalue weighted by molar-refractivity contribution is -0.385. The number of aryl methyl sites for hydroxylation is 1. The van der Waals surface area contributed by atoms with Crippen LogP contribution in [0.25, 0.3) is 0 Å². The highest BCUT2D eigenvalue weighted by Crippen LogP contribution is 2.37. The quantitative estimate of drug-likeness (QED) is 0.327. The number of ketones is 1. The van der Waals surface area contributed by atoms with Gasteiger partial charge in [0.2, 0.25) is 5.78 Å². The van der Waals surface area contributed by atoms with Crippen LogP contribution in [0.2, 0.25) is 0 Å².